The average molecular weight is 429 g/mol. The van der Waals surface area contributed by atoms with Gasteiger partial charge in [-0.05, 0) is 42.0 Å². The first-order chi connectivity index (χ1) is 14.0. The molecule has 1 aliphatic heterocycles. The van der Waals surface area contributed by atoms with Gasteiger partial charge < -0.3 is 14.4 Å². The summed E-state index contributed by atoms with van der Waals surface area (Å²) < 4.78 is 5.35. The third kappa shape index (κ3) is 3.52. The summed E-state index contributed by atoms with van der Waals surface area (Å²) in [6.07, 6.45) is 4.46. The number of aliphatic hydroxyl groups excluding tert-OH is 1. The number of carbonyl (C=O) groups excluding carboxylic acids is 2. The Kier molecular flexibility index (Phi) is 5.13. The number of likely N-dealkylation sites (tertiary alicyclic amines) is 1. The molecule has 3 heterocycles. The number of aromatic nitrogens is 1. The molecule has 1 amide bonds. The molecule has 0 bridgehead atoms. The van der Waals surface area contributed by atoms with Crippen LogP contribution in [0, 0.1) is 0 Å². The van der Waals surface area contributed by atoms with Gasteiger partial charge in [0.2, 0.25) is 0 Å². The molecule has 8 heteroatoms. The standard InChI is InChI=1S/C21H14Cl2N2O4/c22-15-4-3-13(10-16(15)23)18-17(19(26)12-5-7-24-8-6-12)20(27)21(28)25(18)11-14-2-1-9-29-14/h1-10,18,26H,11H2. The van der Waals surface area contributed by atoms with Crippen LogP contribution in [-0.4, -0.2) is 26.7 Å². The SMILES string of the molecule is O=C1C(=O)N(Cc2ccco2)C(c2ccc(Cl)c(Cl)c2)C1=C(O)c1ccncc1. The number of ketones is 1. The summed E-state index contributed by atoms with van der Waals surface area (Å²) in [7, 11) is 0. The van der Waals surface area contributed by atoms with E-state index in [0.717, 1.165) is 0 Å². The van der Waals surface area contributed by atoms with Crippen LogP contribution >= 0.6 is 23.2 Å². The Morgan fingerprint density at radius 2 is 1.86 bits per heavy atom. The molecule has 1 saturated heterocycles. The van der Waals surface area contributed by atoms with Crippen LogP contribution in [0.25, 0.3) is 5.76 Å². The van der Waals surface area contributed by atoms with Crippen molar-refractivity contribution in [2.45, 2.75) is 12.6 Å². The number of carbonyl (C=O) groups is 2. The first-order valence-electron chi connectivity index (χ1n) is 8.63. The lowest BCUT2D eigenvalue weighted by molar-refractivity contribution is -0.140. The summed E-state index contributed by atoms with van der Waals surface area (Å²) in [6.45, 7) is 0.0512. The third-order valence-corrected chi connectivity index (χ3v) is 5.40. The number of hydrogen-bond donors (Lipinski definition) is 1. The molecule has 0 aliphatic carbocycles. The lowest BCUT2D eigenvalue weighted by Gasteiger charge is -2.24. The molecule has 3 aromatic rings. The van der Waals surface area contributed by atoms with Crippen LogP contribution in [0.15, 0.2) is 71.1 Å². The highest BCUT2D eigenvalue weighted by atomic mass is 35.5. The second kappa shape index (κ2) is 7.73. The van der Waals surface area contributed by atoms with Crippen molar-refractivity contribution in [2.24, 2.45) is 0 Å². The third-order valence-electron chi connectivity index (χ3n) is 4.66. The first kappa shape index (κ1) is 19.2. The molecule has 29 heavy (non-hydrogen) atoms. The minimum Gasteiger partial charge on any atom is -0.507 e. The van der Waals surface area contributed by atoms with Crippen LogP contribution in [0.2, 0.25) is 10.0 Å². The van der Waals surface area contributed by atoms with Crippen molar-refractivity contribution < 1.29 is 19.1 Å². The lowest BCUT2D eigenvalue weighted by atomic mass is 9.95. The second-order valence-electron chi connectivity index (χ2n) is 6.42. The molecular formula is C21H14Cl2N2O4. The molecule has 6 nitrogen and oxygen atoms in total. The van der Waals surface area contributed by atoms with Gasteiger partial charge in [0, 0.05) is 18.0 Å². The number of halogens is 2. The van der Waals surface area contributed by atoms with Crippen molar-refractivity contribution in [3.05, 3.63) is 93.6 Å². The van der Waals surface area contributed by atoms with Crippen LogP contribution in [0.5, 0.6) is 0 Å². The van der Waals surface area contributed by atoms with Crippen LogP contribution in [0.3, 0.4) is 0 Å². The summed E-state index contributed by atoms with van der Waals surface area (Å²) in [6, 6.07) is 10.5. The Morgan fingerprint density at radius 1 is 1.10 bits per heavy atom. The highest BCUT2D eigenvalue weighted by Crippen LogP contribution is 2.41. The van der Waals surface area contributed by atoms with Gasteiger partial charge >= 0.3 is 0 Å². The summed E-state index contributed by atoms with van der Waals surface area (Å²) in [5.74, 6) is -1.32. The monoisotopic (exact) mass is 428 g/mol. The van der Waals surface area contributed by atoms with E-state index in [0.29, 0.717) is 21.9 Å². The molecule has 1 atom stereocenters. The molecule has 1 aromatic carbocycles. The number of pyridine rings is 1. The van der Waals surface area contributed by atoms with E-state index in [1.165, 1.54) is 23.6 Å². The van der Waals surface area contributed by atoms with Crippen molar-refractivity contribution in [3.63, 3.8) is 0 Å². The van der Waals surface area contributed by atoms with Crippen molar-refractivity contribution in [1.82, 2.24) is 9.88 Å². The minimum absolute atomic E-state index is 0.0360. The molecular weight excluding hydrogens is 415 g/mol. The summed E-state index contributed by atoms with van der Waals surface area (Å²) in [4.78, 5) is 31.0. The number of hydrogen-bond acceptors (Lipinski definition) is 5. The van der Waals surface area contributed by atoms with Gasteiger partial charge in [0.05, 0.1) is 34.5 Å². The van der Waals surface area contributed by atoms with Crippen molar-refractivity contribution >= 4 is 40.7 Å². The molecule has 1 aliphatic rings. The van der Waals surface area contributed by atoms with E-state index in [1.807, 2.05) is 0 Å². The van der Waals surface area contributed by atoms with E-state index in [9.17, 15) is 14.7 Å². The normalized spacial score (nSPS) is 18.4. The van der Waals surface area contributed by atoms with Gasteiger partial charge in [-0.25, -0.2) is 0 Å². The van der Waals surface area contributed by atoms with Crippen LogP contribution < -0.4 is 0 Å². The fourth-order valence-electron chi connectivity index (χ4n) is 3.31. The quantitative estimate of drug-likeness (QED) is 0.372. The number of amides is 1. The maximum absolute atomic E-state index is 12.9. The molecule has 0 radical (unpaired) electrons. The molecule has 1 fully saturated rings. The van der Waals surface area contributed by atoms with Gasteiger partial charge in [-0.3, -0.25) is 14.6 Å². The van der Waals surface area contributed by atoms with Crippen LogP contribution in [-0.2, 0) is 16.1 Å². The van der Waals surface area contributed by atoms with Gasteiger partial charge in [-0.2, -0.15) is 0 Å². The Balaban J connectivity index is 1.89. The van der Waals surface area contributed by atoms with E-state index in [1.54, 1.807) is 42.5 Å². The predicted octanol–water partition coefficient (Wildman–Crippen LogP) is 4.60. The van der Waals surface area contributed by atoms with Gasteiger partial charge in [-0.15, -0.1) is 0 Å². The van der Waals surface area contributed by atoms with Crippen LogP contribution in [0.1, 0.15) is 22.9 Å². The minimum atomic E-state index is -0.858. The number of nitrogens with zero attached hydrogens (tertiary/aromatic N) is 2. The number of furan rings is 1. The Hall–Kier alpha value is -3.09. The summed E-state index contributed by atoms with van der Waals surface area (Å²) in [5.41, 5.74) is 0.882. The summed E-state index contributed by atoms with van der Waals surface area (Å²) >= 11 is 12.2. The Bertz CT molecular complexity index is 1110. The number of aliphatic hydroxyl groups is 1. The van der Waals surface area contributed by atoms with Crippen LogP contribution in [0.4, 0.5) is 0 Å². The second-order valence-corrected chi connectivity index (χ2v) is 7.23. The first-order valence-corrected chi connectivity index (χ1v) is 9.39. The highest BCUT2D eigenvalue weighted by molar-refractivity contribution is 6.46. The topological polar surface area (TPSA) is 83.6 Å². The predicted molar refractivity (Wildman–Crippen MR) is 107 cm³/mol. The van der Waals surface area contributed by atoms with Gasteiger partial charge in [0.1, 0.15) is 11.5 Å². The largest absolute Gasteiger partial charge is 0.507 e. The maximum atomic E-state index is 12.9. The maximum Gasteiger partial charge on any atom is 0.296 e. The van der Waals surface area contributed by atoms with Gasteiger partial charge in [0.15, 0.2) is 0 Å². The zero-order chi connectivity index (χ0) is 20.5. The Morgan fingerprint density at radius 3 is 2.52 bits per heavy atom. The lowest BCUT2D eigenvalue weighted by Crippen LogP contribution is -2.29. The summed E-state index contributed by atoms with van der Waals surface area (Å²) in [5, 5.41) is 11.5. The zero-order valence-electron chi connectivity index (χ0n) is 14.9. The molecule has 1 N–H and O–H groups in total. The highest BCUT2D eigenvalue weighted by Gasteiger charge is 2.46. The molecule has 146 valence electrons. The fraction of sp³-hybridized carbons (Fsp3) is 0.0952. The number of rotatable bonds is 4. The van der Waals surface area contributed by atoms with Gasteiger partial charge in [-0.1, -0.05) is 29.3 Å². The van der Waals surface area contributed by atoms with Crippen molar-refractivity contribution in [2.75, 3.05) is 0 Å². The van der Waals surface area contributed by atoms with E-state index >= 15 is 0 Å². The Labute approximate surface area is 176 Å². The van der Waals surface area contributed by atoms with Crippen molar-refractivity contribution in [3.8, 4) is 0 Å². The molecule has 2 aromatic heterocycles. The fourth-order valence-corrected chi connectivity index (χ4v) is 3.61. The van der Waals surface area contributed by atoms with E-state index < -0.39 is 17.7 Å². The molecule has 4 rings (SSSR count). The number of Topliss-reactive ketones (excluding diaryl/α,β-unsaturated/α-hetero) is 1. The van der Waals surface area contributed by atoms with E-state index in [2.05, 4.69) is 4.98 Å². The van der Waals surface area contributed by atoms with E-state index in [-0.39, 0.29) is 22.9 Å². The average Bonchev–Trinajstić information content (AvgIpc) is 3.33. The van der Waals surface area contributed by atoms with Gasteiger partial charge in [0.25, 0.3) is 11.7 Å². The molecule has 1 unspecified atom stereocenters. The smallest absolute Gasteiger partial charge is 0.296 e. The molecule has 0 saturated carbocycles. The molecule has 0 spiro atoms. The number of benzene rings is 1. The van der Waals surface area contributed by atoms with Crippen molar-refractivity contribution in [1.29, 1.82) is 0 Å². The zero-order valence-corrected chi connectivity index (χ0v) is 16.4. The van der Waals surface area contributed by atoms with E-state index in [4.69, 9.17) is 27.6 Å².